The summed E-state index contributed by atoms with van der Waals surface area (Å²) in [4.78, 5) is 4.40. The Labute approximate surface area is 122 Å². The van der Waals surface area contributed by atoms with Gasteiger partial charge in [0.25, 0.3) is 0 Å². The fourth-order valence-corrected chi connectivity index (χ4v) is 2.26. The maximum atomic E-state index is 13.8. The third kappa shape index (κ3) is 4.46. The Balaban J connectivity index is 2.93. The highest BCUT2D eigenvalue weighted by Gasteiger charge is 2.15. The van der Waals surface area contributed by atoms with Crippen LogP contribution >= 0.6 is 0 Å². The minimum atomic E-state index is -0.132. The molecule has 0 aliphatic heterocycles. The van der Waals surface area contributed by atoms with Crippen LogP contribution in [0.1, 0.15) is 30.5 Å². The van der Waals surface area contributed by atoms with Crippen molar-refractivity contribution in [3.05, 3.63) is 29.1 Å². The zero-order chi connectivity index (χ0) is 15.3. The standard InChI is InChI=1S/C16H28FN3/c1-12-10-16(20(6)9-7-8-19(4)5)14(11-15(12)17)13(2)18-3/h10-11,13,18H,7-9H2,1-6H3. The summed E-state index contributed by atoms with van der Waals surface area (Å²) in [6.45, 7) is 5.90. The zero-order valence-electron chi connectivity index (χ0n) is 13.6. The molecule has 0 amide bonds. The van der Waals surface area contributed by atoms with Gasteiger partial charge in [-0.15, -0.1) is 0 Å². The second-order valence-corrected chi connectivity index (χ2v) is 5.75. The average Bonchev–Trinajstić information content (AvgIpc) is 2.39. The van der Waals surface area contributed by atoms with Gasteiger partial charge in [0.05, 0.1) is 0 Å². The maximum absolute atomic E-state index is 13.8. The largest absolute Gasteiger partial charge is 0.374 e. The minimum Gasteiger partial charge on any atom is -0.374 e. The van der Waals surface area contributed by atoms with E-state index in [2.05, 4.69) is 43.2 Å². The molecule has 1 N–H and O–H groups in total. The molecule has 0 aliphatic rings. The molecule has 0 saturated carbocycles. The van der Waals surface area contributed by atoms with Gasteiger partial charge in [-0.25, -0.2) is 4.39 Å². The first-order valence-corrected chi connectivity index (χ1v) is 7.20. The van der Waals surface area contributed by atoms with Gasteiger partial charge in [0.1, 0.15) is 5.82 Å². The quantitative estimate of drug-likeness (QED) is 0.829. The van der Waals surface area contributed by atoms with Crippen molar-refractivity contribution in [2.45, 2.75) is 26.3 Å². The summed E-state index contributed by atoms with van der Waals surface area (Å²) in [6.07, 6.45) is 1.09. The molecular weight excluding hydrogens is 253 g/mol. The predicted molar refractivity (Wildman–Crippen MR) is 85.1 cm³/mol. The van der Waals surface area contributed by atoms with Crippen LogP contribution in [0.2, 0.25) is 0 Å². The monoisotopic (exact) mass is 281 g/mol. The normalized spacial score (nSPS) is 12.8. The van der Waals surface area contributed by atoms with Crippen molar-refractivity contribution in [2.75, 3.05) is 46.2 Å². The number of halogens is 1. The summed E-state index contributed by atoms with van der Waals surface area (Å²) >= 11 is 0. The van der Waals surface area contributed by atoms with Crippen molar-refractivity contribution in [1.29, 1.82) is 0 Å². The fraction of sp³-hybridized carbons (Fsp3) is 0.625. The van der Waals surface area contributed by atoms with Gasteiger partial charge >= 0.3 is 0 Å². The molecule has 0 aromatic heterocycles. The second-order valence-electron chi connectivity index (χ2n) is 5.75. The SMILES string of the molecule is CNC(C)c1cc(F)c(C)cc1N(C)CCCN(C)C. The summed E-state index contributed by atoms with van der Waals surface area (Å²) in [7, 11) is 8.14. The lowest BCUT2D eigenvalue weighted by atomic mass is 10.0. The molecule has 4 heteroatoms. The highest BCUT2D eigenvalue weighted by atomic mass is 19.1. The van der Waals surface area contributed by atoms with Crippen LogP contribution in [0.25, 0.3) is 0 Å². The Morgan fingerprint density at radius 2 is 1.85 bits per heavy atom. The predicted octanol–water partition coefficient (Wildman–Crippen LogP) is 2.80. The van der Waals surface area contributed by atoms with Gasteiger partial charge in [-0.2, -0.15) is 0 Å². The topological polar surface area (TPSA) is 18.5 Å². The van der Waals surface area contributed by atoms with E-state index in [0.29, 0.717) is 5.56 Å². The number of anilines is 1. The van der Waals surface area contributed by atoms with Crippen molar-refractivity contribution in [3.63, 3.8) is 0 Å². The van der Waals surface area contributed by atoms with E-state index in [1.54, 1.807) is 6.07 Å². The Morgan fingerprint density at radius 3 is 2.40 bits per heavy atom. The lowest BCUT2D eigenvalue weighted by molar-refractivity contribution is 0.401. The minimum absolute atomic E-state index is 0.132. The third-order valence-corrected chi connectivity index (χ3v) is 3.72. The third-order valence-electron chi connectivity index (χ3n) is 3.72. The lowest BCUT2D eigenvalue weighted by Gasteiger charge is -2.26. The van der Waals surface area contributed by atoms with Crippen LogP contribution in [-0.4, -0.2) is 46.2 Å². The average molecular weight is 281 g/mol. The van der Waals surface area contributed by atoms with Crippen LogP contribution in [0, 0.1) is 12.7 Å². The summed E-state index contributed by atoms with van der Waals surface area (Å²) in [5, 5.41) is 3.20. The van der Waals surface area contributed by atoms with Crippen molar-refractivity contribution >= 4 is 5.69 Å². The van der Waals surface area contributed by atoms with Crippen LogP contribution < -0.4 is 10.2 Å². The Morgan fingerprint density at radius 1 is 1.20 bits per heavy atom. The van der Waals surface area contributed by atoms with Crippen LogP contribution in [0.4, 0.5) is 10.1 Å². The van der Waals surface area contributed by atoms with Crippen molar-refractivity contribution in [2.24, 2.45) is 0 Å². The highest BCUT2D eigenvalue weighted by molar-refractivity contribution is 5.56. The van der Waals surface area contributed by atoms with Gasteiger partial charge in [-0.05, 0) is 71.2 Å². The first-order chi connectivity index (χ1) is 9.36. The van der Waals surface area contributed by atoms with Gasteiger partial charge in [0.2, 0.25) is 0 Å². The molecule has 3 nitrogen and oxygen atoms in total. The molecule has 114 valence electrons. The molecule has 0 aliphatic carbocycles. The number of hydrogen-bond donors (Lipinski definition) is 1. The van der Waals surface area contributed by atoms with E-state index in [-0.39, 0.29) is 11.9 Å². The second kappa shape index (κ2) is 7.60. The smallest absolute Gasteiger partial charge is 0.126 e. The van der Waals surface area contributed by atoms with Crippen molar-refractivity contribution in [3.8, 4) is 0 Å². The molecule has 0 spiro atoms. The molecule has 0 bridgehead atoms. The van der Waals surface area contributed by atoms with Crippen molar-refractivity contribution in [1.82, 2.24) is 10.2 Å². The maximum Gasteiger partial charge on any atom is 0.126 e. The van der Waals surface area contributed by atoms with Crippen LogP contribution in [-0.2, 0) is 0 Å². The molecule has 1 rings (SSSR count). The van der Waals surface area contributed by atoms with Crippen LogP contribution in [0.15, 0.2) is 12.1 Å². The molecule has 0 saturated heterocycles. The Hall–Kier alpha value is -1.13. The summed E-state index contributed by atoms with van der Waals surface area (Å²) in [6, 6.07) is 3.75. The van der Waals surface area contributed by atoms with E-state index in [4.69, 9.17) is 0 Å². The number of rotatable bonds is 7. The number of benzene rings is 1. The van der Waals surface area contributed by atoms with E-state index in [1.807, 2.05) is 20.0 Å². The van der Waals surface area contributed by atoms with E-state index in [1.165, 1.54) is 0 Å². The molecule has 0 radical (unpaired) electrons. The fourth-order valence-electron chi connectivity index (χ4n) is 2.26. The first-order valence-electron chi connectivity index (χ1n) is 7.20. The van der Waals surface area contributed by atoms with E-state index in [0.717, 1.165) is 30.8 Å². The van der Waals surface area contributed by atoms with E-state index < -0.39 is 0 Å². The van der Waals surface area contributed by atoms with Crippen LogP contribution in [0.5, 0.6) is 0 Å². The zero-order valence-corrected chi connectivity index (χ0v) is 13.6. The Bertz CT molecular complexity index is 432. The molecule has 1 atom stereocenters. The van der Waals surface area contributed by atoms with E-state index in [9.17, 15) is 4.39 Å². The van der Waals surface area contributed by atoms with Crippen molar-refractivity contribution < 1.29 is 4.39 Å². The number of hydrogen-bond acceptors (Lipinski definition) is 3. The Kier molecular flexibility index (Phi) is 6.43. The molecule has 20 heavy (non-hydrogen) atoms. The summed E-state index contributed by atoms with van der Waals surface area (Å²) in [5.41, 5.74) is 2.83. The van der Waals surface area contributed by atoms with E-state index >= 15 is 0 Å². The van der Waals surface area contributed by atoms with Crippen LogP contribution in [0.3, 0.4) is 0 Å². The molecule has 0 heterocycles. The molecule has 1 aromatic rings. The lowest BCUT2D eigenvalue weighted by Crippen LogP contribution is -2.26. The summed E-state index contributed by atoms with van der Waals surface area (Å²) < 4.78 is 13.8. The van der Waals surface area contributed by atoms with Gasteiger partial charge in [0, 0.05) is 25.3 Å². The van der Waals surface area contributed by atoms with Gasteiger partial charge in [-0.1, -0.05) is 0 Å². The van der Waals surface area contributed by atoms with Gasteiger partial charge in [0.15, 0.2) is 0 Å². The van der Waals surface area contributed by atoms with Gasteiger partial charge in [-0.3, -0.25) is 0 Å². The first kappa shape index (κ1) is 16.9. The molecular formula is C16H28FN3. The molecule has 1 aromatic carbocycles. The number of aryl methyl sites for hydroxylation is 1. The highest BCUT2D eigenvalue weighted by Crippen LogP contribution is 2.28. The number of nitrogens with one attached hydrogen (secondary N) is 1. The molecule has 0 fully saturated rings. The molecule has 1 unspecified atom stereocenters. The summed E-state index contributed by atoms with van der Waals surface area (Å²) in [5.74, 6) is -0.132. The van der Waals surface area contributed by atoms with Gasteiger partial charge < -0.3 is 15.1 Å². The number of nitrogens with zero attached hydrogens (tertiary/aromatic N) is 2.